The fourth-order valence-corrected chi connectivity index (χ4v) is 2.78. The molecule has 1 aliphatic rings. The first-order chi connectivity index (χ1) is 9.59. The Balaban J connectivity index is 2.16. The number of hydrogen-bond donors (Lipinski definition) is 1. The fraction of sp³-hybridized carbons (Fsp3) is 0.467. The van der Waals surface area contributed by atoms with E-state index in [0.29, 0.717) is 5.15 Å². The summed E-state index contributed by atoms with van der Waals surface area (Å²) >= 11 is 5.93. The molecular formula is C15H18ClNO3. The van der Waals surface area contributed by atoms with E-state index in [1.54, 1.807) is 12.1 Å². The van der Waals surface area contributed by atoms with Gasteiger partial charge in [0.25, 0.3) is 0 Å². The van der Waals surface area contributed by atoms with Crippen molar-refractivity contribution < 1.29 is 14.6 Å². The number of halogens is 1. The summed E-state index contributed by atoms with van der Waals surface area (Å²) in [6.07, 6.45) is 4.56. The van der Waals surface area contributed by atoms with Crippen LogP contribution in [0.5, 0.6) is 0 Å². The molecule has 4 nitrogen and oxygen atoms in total. The molecule has 0 aromatic carbocycles. The number of aromatic nitrogens is 1. The van der Waals surface area contributed by atoms with Gasteiger partial charge in [-0.2, -0.15) is 0 Å². The third-order valence-corrected chi connectivity index (χ3v) is 4.14. The van der Waals surface area contributed by atoms with E-state index in [1.807, 2.05) is 12.1 Å². The molecule has 20 heavy (non-hydrogen) atoms. The van der Waals surface area contributed by atoms with E-state index in [0.717, 1.165) is 37.0 Å². The summed E-state index contributed by atoms with van der Waals surface area (Å²) in [5.41, 5.74) is 1.52. The number of aliphatic hydroxyl groups is 1. The van der Waals surface area contributed by atoms with Gasteiger partial charge in [-0.1, -0.05) is 23.2 Å². The number of ether oxygens (including phenoxy) is 1. The number of nitrogens with zero attached hydrogens (tertiary/aromatic N) is 1. The number of methoxy groups -OCH3 is 1. The molecule has 1 aliphatic carbocycles. The van der Waals surface area contributed by atoms with Gasteiger partial charge in [-0.3, -0.25) is 0 Å². The van der Waals surface area contributed by atoms with Crippen molar-refractivity contribution >= 4 is 17.6 Å². The number of allylic oxidation sites excluding steroid dienone is 1. The second-order valence-electron chi connectivity index (χ2n) is 5.11. The quantitative estimate of drug-likeness (QED) is 0.529. The van der Waals surface area contributed by atoms with Gasteiger partial charge in [0.1, 0.15) is 5.15 Å². The van der Waals surface area contributed by atoms with Crippen LogP contribution in [0.25, 0.3) is 0 Å². The largest absolute Gasteiger partial charge is 0.466 e. The van der Waals surface area contributed by atoms with Crippen LogP contribution in [-0.4, -0.2) is 29.8 Å². The number of carbonyl (C=O) groups excluding carboxylic acids is 1. The van der Waals surface area contributed by atoms with E-state index < -0.39 is 0 Å². The van der Waals surface area contributed by atoms with Crippen molar-refractivity contribution in [2.45, 2.75) is 31.1 Å². The van der Waals surface area contributed by atoms with Crippen LogP contribution >= 0.6 is 11.6 Å². The van der Waals surface area contributed by atoms with Gasteiger partial charge in [0.15, 0.2) is 0 Å². The van der Waals surface area contributed by atoms with E-state index in [4.69, 9.17) is 11.6 Å². The zero-order valence-electron chi connectivity index (χ0n) is 11.4. The summed E-state index contributed by atoms with van der Waals surface area (Å²) in [5, 5.41) is 10.2. The Bertz CT molecular complexity index is 518. The lowest BCUT2D eigenvalue weighted by atomic mass is 9.70. The van der Waals surface area contributed by atoms with Gasteiger partial charge in [0.05, 0.1) is 19.4 Å². The molecular weight excluding hydrogens is 278 g/mol. The van der Waals surface area contributed by atoms with E-state index in [2.05, 4.69) is 9.72 Å². The molecule has 0 atom stereocenters. The van der Waals surface area contributed by atoms with E-state index in [-0.39, 0.29) is 18.0 Å². The zero-order chi connectivity index (χ0) is 14.6. The van der Waals surface area contributed by atoms with Crippen molar-refractivity contribution in [3.05, 3.63) is 40.7 Å². The molecule has 1 aromatic heterocycles. The highest BCUT2D eigenvalue weighted by Gasteiger charge is 2.36. The van der Waals surface area contributed by atoms with Crippen molar-refractivity contribution in [3.8, 4) is 0 Å². The highest BCUT2D eigenvalue weighted by atomic mass is 35.5. The Morgan fingerprint density at radius 1 is 1.50 bits per heavy atom. The van der Waals surface area contributed by atoms with Crippen LogP contribution in [0.1, 0.15) is 31.4 Å². The van der Waals surface area contributed by atoms with Crippen molar-refractivity contribution in [2.24, 2.45) is 0 Å². The number of carbonyl (C=O) groups is 1. The molecule has 1 aromatic rings. The third kappa shape index (κ3) is 3.19. The maximum atomic E-state index is 11.2. The minimum Gasteiger partial charge on any atom is -0.466 e. The number of esters is 1. The second-order valence-corrected chi connectivity index (χ2v) is 5.50. The first kappa shape index (κ1) is 15.0. The van der Waals surface area contributed by atoms with Gasteiger partial charge in [-0.15, -0.1) is 0 Å². The molecule has 108 valence electrons. The standard InChI is InChI=1S/C15H18ClNO3/c1-20-14(19)9-11-5-7-15(10-18,8-6-11)12-3-2-4-13(16)17-12/h2-4,9,18H,5-8,10H2,1H3. The summed E-state index contributed by atoms with van der Waals surface area (Å²) in [4.78, 5) is 15.6. The maximum absolute atomic E-state index is 11.2. The van der Waals surface area contributed by atoms with Crippen LogP contribution < -0.4 is 0 Å². The first-order valence-electron chi connectivity index (χ1n) is 6.61. The molecule has 0 spiro atoms. The number of hydrogen-bond acceptors (Lipinski definition) is 4. The Morgan fingerprint density at radius 2 is 2.20 bits per heavy atom. The molecule has 1 saturated carbocycles. The van der Waals surface area contributed by atoms with E-state index >= 15 is 0 Å². The van der Waals surface area contributed by atoms with E-state index in [9.17, 15) is 9.90 Å². The van der Waals surface area contributed by atoms with Gasteiger partial charge in [0, 0.05) is 11.5 Å². The molecule has 5 heteroatoms. The molecule has 0 radical (unpaired) electrons. The predicted molar refractivity (Wildman–Crippen MR) is 76.6 cm³/mol. The molecule has 0 unspecified atom stereocenters. The average molecular weight is 296 g/mol. The highest BCUT2D eigenvalue weighted by molar-refractivity contribution is 6.29. The summed E-state index contributed by atoms with van der Waals surface area (Å²) in [7, 11) is 1.37. The number of pyridine rings is 1. The van der Waals surface area contributed by atoms with Crippen LogP contribution in [0.3, 0.4) is 0 Å². The Kier molecular flexibility index (Phi) is 4.78. The molecule has 1 fully saturated rings. The molecule has 1 N–H and O–H groups in total. The first-order valence-corrected chi connectivity index (χ1v) is 6.99. The normalized spacial score (nSPS) is 22.4. The van der Waals surface area contributed by atoms with Crippen molar-refractivity contribution in [3.63, 3.8) is 0 Å². The lowest BCUT2D eigenvalue weighted by molar-refractivity contribution is -0.134. The van der Waals surface area contributed by atoms with Gasteiger partial charge < -0.3 is 9.84 Å². The van der Waals surface area contributed by atoms with Gasteiger partial charge in [0.2, 0.25) is 0 Å². The monoisotopic (exact) mass is 295 g/mol. The van der Waals surface area contributed by atoms with Crippen LogP contribution in [0.2, 0.25) is 5.15 Å². The minimum absolute atomic E-state index is 0.0336. The lowest BCUT2D eigenvalue weighted by Crippen LogP contribution is -2.34. The summed E-state index contributed by atoms with van der Waals surface area (Å²) in [5.74, 6) is -0.322. The minimum atomic E-state index is -0.363. The van der Waals surface area contributed by atoms with Crippen LogP contribution in [0, 0.1) is 0 Å². The van der Waals surface area contributed by atoms with Gasteiger partial charge in [-0.25, -0.2) is 9.78 Å². The van der Waals surface area contributed by atoms with Crippen LogP contribution in [-0.2, 0) is 14.9 Å². The van der Waals surface area contributed by atoms with Crippen molar-refractivity contribution in [1.29, 1.82) is 0 Å². The van der Waals surface area contributed by atoms with Crippen LogP contribution in [0.15, 0.2) is 29.8 Å². The molecule has 0 saturated heterocycles. The number of aliphatic hydroxyl groups excluding tert-OH is 1. The highest BCUT2D eigenvalue weighted by Crippen LogP contribution is 2.40. The molecule has 2 rings (SSSR count). The predicted octanol–water partition coefficient (Wildman–Crippen LogP) is 2.64. The zero-order valence-corrected chi connectivity index (χ0v) is 12.2. The van der Waals surface area contributed by atoms with E-state index in [1.165, 1.54) is 7.11 Å². The third-order valence-electron chi connectivity index (χ3n) is 3.93. The SMILES string of the molecule is COC(=O)C=C1CCC(CO)(c2cccc(Cl)n2)CC1. The molecule has 0 bridgehead atoms. The summed E-state index contributed by atoms with van der Waals surface area (Å²) < 4.78 is 4.64. The fourth-order valence-electron chi connectivity index (χ4n) is 2.62. The Hall–Kier alpha value is -1.39. The molecule has 1 heterocycles. The second kappa shape index (κ2) is 6.37. The molecule has 0 aliphatic heterocycles. The average Bonchev–Trinajstić information content (AvgIpc) is 2.48. The summed E-state index contributed by atoms with van der Waals surface area (Å²) in [6.45, 7) is 0.0336. The topological polar surface area (TPSA) is 59.4 Å². The van der Waals surface area contributed by atoms with Crippen LogP contribution in [0.4, 0.5) is 0 Å². The van der Waals surface area contributed by atoms with Gasteiger partial charge >= 0.3 is 5.97 Å². The Labute approximate surface area is 123 Å². The smallest absolute Gasteiger partial charge is 0.330 e. The molecule has 0 amide bonds. The van der Waals surface area contributed by atoms with Crippen molar-refractivity contribution in [2.75, 3.05) is 13.7 Å². The lowest BCUT2D eigenvalue weighted by Gasteiger charge is -2.36. The Morgan fingerprint density at radius 3 is 2.75 bits per heavy atom. The maximum Gasteiger partial charge on any atom is 0.330 e. The number of rotatable bonds is 3. The summed E-state index contributed by atoms with van der Waals surface area (Å²) in [6, 6.07) is 5.47. The van der Waals surface area contributed by atoms with Crippen molar-refractivity contribution in [1.82, 2.24) is 4.98 Å². The van der Waals surface area contributed by atoms with Gasteiger partial charge in [-0.05, 0) is 37.8 Å².